The van der Waals surface area contributed by atoms with Gasteiger partial charge in [0.25, 0.3) is 0 Å². The molecule has 1 heterocycles. The smallest absolute Gasteiger partial charge is 0.341 e. The molecule has 15 heavy (non-hydrogen) atoms. The monoisotopic (exact) mass is 208 g/mol. The quantitative estimate of drug-likeness (QED) is 0.551. The fourth-order valence-electron chi connectivity index (χ4n) is 1.23. The minimum absolute atomic E-state index is 0.111. The highest BCUT2D eigenvalue weighted by Gasteiger charge is 2.16. The average Bonchev–Trinajstić information content (AvgIpc) is 2.61. The molecular formula is C12H16O3. The van der Waals surface area contributed by atoms with Crippen LogP contribution in [0.2, 0.25) is 0 Å². The third-order valence-electron chi connectivity index (χ3n) is 1.88. The van der Waals surface area contributed by atoms with Crippen LogP contribution in [0, 0.1) is 0 Å². The van der Waals surface area contributed by atoms with Crippen molar-refractivity contribution in [2.75, 3.05) is 0 Å². The van der Waals surface area contributed by atoms with Gasteiger partial charge in [-0.25, -0.2) is 4.79 Å². The van der Waals surface area contributed by atoms with Crippen LogP contribution in [0.5, 0.6) is 0 Å². The molecule has 0 fully saturated rings. The number of hydrogen-bond acceptors (Lipinski definition) is 3. The number of esters is 1. The Labute approximate surface area is 89.7 Å². The first kappa shape index (κ1) is 11.6. The van der Waals surface area contributed by atoms with Crippen molar-refractivity contribution in [3.05, 3.63) is 36.3 Å². The van der Waals surface area contributed by atoms with E-state index >= 15 is 0 Å². The third kappa shape index (κ3) is 3.27. The summed E-state index contributed by atoms with van der Waals surface area (Å²) in [5, 5.41) is 0. The maximum atomic E-state index is 11.6. The highest BCUT2D eigenvalue weighted by atomic mass is 16.5. The van der Waals surface area contributed by atoms with Gasteiger partial charge in [-0.05, 0) is 26.3 Å². The number of hydrogen-bond donors (Lipinski definition) is 0. The number of rotatable bonds is 5. The number of aryl methyl sites for hydroxylation is 1. The van der Waals surface area contributed by atoms with Crippen molar-refractivity contribution < 1.29 is 13.9 Å². The SMILES string of the molecule is C=CCCc1occc1C(=O)OC(C)C. The predicted octanol–water partition coefficient (Wildman–Crippen LogP) is 2.96. The largest absolute Gasteiger partial charge is 0.468 e. The predicted molar refractivity (Wildman–Crippen MR) is 57.8 cm³/mol. The third-order valence-corrected chi connectivity index (χ3v) is 1.88. The second kappa shape index (κ2) is 5.39. The summed E-state index contributed by atoms with van der Waals surface area (Å²) in [6.07, 6.45) is 4.66. The molecule has 0 amide bonds. The highest BCUT2D eigenvalue weighted by molar-refractivity contribution is 5.90. The molecule has 0 radical (unpaired) electrons. The van der Waals surface area contributed by atoms with Gasteiger partial charge in [0.1, 0.15) is 11.3 Å². The lowest BCUT2D eigenvalue weighted by Crippen LogP contribution is -2.12. The van der Waals surface area contributed by atoms with Crippen LogP contribution >= 0.6 is 0 Å². The Hall–Kier alpha value is -1.51. The van der Waals surface area contributed by atoms with Crippen LogP contribution in [0.4, 0.5) is 0 Å². The first-order chi connectivity index (χ1) is 7.15. The summed E-state index contributed by atoms with van der Waals surface area (Å²) in [5.41, 5.74) is 0.519. The van der Waals surface area contributed by atoms with Crippen molar-refractivity contribution >= 4 is 5.97 Å². The number of furan rings is 1. The summed E-state index contributed by atoms with van der Waals surface area (Å²) in [5.74, 6) is 0.346. The van der Waals surface area contributed by atoms with Crippen LogP contribution in [0.15, 0.2) is 29.4 Å². The second-order valence-corrected chi connectivity index (χ2v) is 3.54. The molecule has 0 atom stereocenters. The van der Waals surface area contributed by atoms with Crippen molar-refractivity contribution in [1.29, 1.82) is 0 Å². The second-order valence-electron chi connectivity index (χ2n) is 3.54. The van der Waals surface area contributed by atoms with Gasteiger partial charge in [0, 0.05) is 6.42 Å². The summed E-state index contributed by atoms with van der Waals surface area (Å²) in [4.78, 5) is 11.6. The van der Waals surface area contributed by atoms with Crippen molar-refractivity contribution in [3.63, 3.8) is 0 Å². The van der Waals surface area contributed by atoms with Gasteiger partial charge in [0.2, 0.25) is 0 Å². The topological polar surface area (TPSA) is 39.4 Å². The minimum Gasteiger partial charge on any atom is -0.468 e. The lowest BCUT2D eigenvalue weighted by molar-refractivity contribution is 0.0375. The lowest BCUT2D eigenvalue weighted by atomic mass is 10.1. The van der Waals surface area contributed by atoms with E-state index in [1.54, 1.807) is 12.1 Å². The van der Waals surface area contributed by atoms with Gasteiger partial charge in [0.15, 0.2) is 0 Å². The normalized spacial score (nSPS) is 10.3. The Bertz CT molecular complexity index is 336. The molecule has 1 aromatic heterocycles. The van der Waals surface area contributed by atoms with E-state index < -0.39 is 0 Å². The van der Waals surface area contributed by atoms with Crippen molar-refractivity contribution in [3.8, 4) is 0 Å². The zero-order chi connectivity index (χ0) is 11.3. The summed E-state index contributed by atoms with van der Waals surface area (Å²) in [6, 6.07) is 1.64. The Morgan fingerprint density at radius 2 is 2.40 bits per heavy atom. The molecule has 82 valence electrons. The van der Waals surface area contributed by atoms with Gasteiger partial charge < -0.3 is 9.15 Å². The maximum absolute atomic E-state index is 11.6. The van der Waals surface area contributed by atoms with Gasteiger partial charge in [-0.1, -0.05) is 6.08 Å². The van der Waals surface area contributed by atoms with Crippen LogP contribution in [-0.2, 0) is 11.2 Å². The number of carbonyl (C=O) groups excluding carboxylic acids is 1. The molecule has 0 aliphatic rings. The van der Waals surface area contributed by atoms with E-state index in [4.69, 9.17) is 9.15 Å². The molecule has 0 aromatic carbocycles. The molecule has 0 bridgehead atoms. The van der Waals surface area contributed by atoms with Crippen LogP contribution in [0.25, 0.3) is 0 Å². The zero-order valence-corrected chi connectivity index (χ0v) is 9.16. The van der Waals surface area contributed by atoms with Crippen LogP contribution in [0.3, 0.4) is 0 Å². The maximum Gasteiger partial charge on any atom is 0.341 e. The Balaban J connectivity index is 2.71. The van der Waals surface area contributed by atoms with Crippen LogP contribution in [0.1, 0.15) is 36.4 Å². The molecule has 0 aliphatic carbocycles. The Morgan fingerprint density at radius 3 is 3.00 bits per heavy atom. The Kier molecular flexibility index (Phi) is 4.16. The molecular weight excluding hydrogens is 192 g/mol. The summed E-state index contributed by atoms with van der Waals surface area (Å²) in [6.45, 7) is 7.27. The fraction of sp³-hybridized carbons (Fsp3) is 0.417. The highest BCUT2D eigenvalue weighted by Crippen LogP contribution is 2.15. The van der Waals surface area contributed by atoms with E-state index in [0.29, 0.717) is 17.7 Å². The molecule has 0 N–H and O–H groups in total. The molecule has 0 aliphatic heterocycles. The van der Waals surface area contributed by atoms with Crippen LogP contribution in [-0.4, -0.2) is 12.1 Å². The molecule has 0 saturated carbocycles. The minimum atomic E-state index is -0.321. The number of ether oxygens (including phenoxy) is 1. The first-order valence-corrected chi connectivity index (χ1v) is 5.03. The van der Waals surface area contributed by atoms with E-state index in [2.05, 4.69) is 6.58 Å². The summed E-state index contributed by atoms with van der Waals surface area (Å²) < 4.78 is 10.3. The summed E-state index contributed by atoms with van der Waals surface area (Å²) >= 11 is 0. The van der Waals surface area contributed by atoms with Crippen LogP contribution < -0.4 is 0 Å². The number of carbonyl (C=O) groups is 1. The van der Waals surface area contributed by atoms with Gasteiger partial charge >= 0.3 is 5.97 Å². The first-order valence-electron chi connectivity index (χ1n) is 5.03. The summed E-state index contributed by atoms with van der Waals surface area (Å²) in [7, 11) is 0. The van der Waals surface area contributed by atoms with Gasteiger partial charge in [0.05, 0.1) is 12.4 Å². The average molecular weight is 208 g/mol. The zero-order valence-electron chi connectivity index (χ0n) is 9.16. The molecule has 1 rings (SSSR count). The lowest BCUT2D eigenvalue weighted by Gasteiger charge is -2.07. The van der Waals surface area contributed by atoms with E-state index in [9.17, 15) is 4.79 Å². The van der Waals surface area contributed by atoms with Gasteiger partial charge in [-0.3, -0.25) is 0 Å². The Morgan fingerprint density at radius 1 is 1.67 bits per heavy atom. The molecule has 3 heteroatoms. The molecule has 1 aromatic rings. The molecule has 0 saturated heterocycles. The van der Waals surface area contributed by atoms with E-state index in [1.807, 2.05) is 13.8 Å². The van der Waals surface area contributed by atoms with Crippen molar-refractivity contribution in [1.82, 2.24) is 0 Å². The molecule has 0 spiro atoms. The van der Waals surface area contributed by atoms with E-state index in [-0.39, 0.29) is 12.1 Å². The van der Waals surface area contributed by atoms with Gasteiger partial charge in [-0.2, -0.15) is 0 Å². The number of allylic oxidation sites excluding steroid dienone is 1. The molecule has 3 nitrogen and oxygen atoms in total. The van der Waals surface area contributed by atoms with E-state index in [0.717, 1.165) is 6.42 Å². The van der Waals surface area contributed by atoms with E-state index in [1.165, 1.54) is 6.26 Å². The van der Waals surface area contributed by atoms with Crippen molar-refractivity contribution in [2.45, 2.75) is 32.8 Å². The molecule has 0 unspecified atom stereocenters. The standard InChI is InChI=1S/C12H16O3/c1-4-5-6-11-10(7-8-14-11)12(13)15-9(2)3/h4,7-9H,1,5-6H2,2-3H3. The van der Waals surface area contributed by atoms with Crippen molar-refractivity contribution in [2.24, 2.45) is 0 Å². The van der Waals surface area contributed by atoms with Gasteiger partial charge in [-0.15, -0.1) is 6.58 Å². The fourth-order valence-corrected chi connectivity index (χ4v) is 1.23.